The van der Waals surface area contributed by atoms with Crippen LogP contribution in [0.1, 0.15) is 18.5 Å². The summed E-state index contributed by atoms with van der Waals surface area (Å²) in [6, 6.07) is 0.480. The molecular formula is C11H21N3S2. The van der Waals surface area contributed by atoms with E-state index in [0.717, 1.165) is 18.8 Å². The first-order valence-electron chi connectivity index (χ1n) is 5.54. The fourth-order valence-electron chi connectivity index (χ4n) is 1.68. The zero-order valence-electron chi connectivity index (χ0n) is 10.1. The van der Waals surface area contributed by atoms with Gasteiger partial charge in [0.15, 0.2) is 0 Å². The van der Waals surface area contributed by atoms with Crippen molar-refractivity contribution < 1.29 is 0 Å². The van der Waals surface area contributed by atoms with Crippen molar-refractivity contribution in [2.24, 2.45) is 5.73 Å². The van der Waals surface area contributed by atoms with Gasteiger partial charge in [0.1, 0.15) is 0 Å². The lowest BCUT2D eigenvalue weighted by molar-refractivity contribution is 0.224. The van der Waals surface area contributed by atoms with Crippen LogP contribution in [0.4, 0.5) is 0 Å². The minimum Gasteiger partial charge on any atom is -0.329 e. The molecule has 1 heterocycles. The predicted octanol–water partition coefficient (Wildman–Crippen LogP) is 2.05. The van der Waals surface area contributed by atoms with E-state index in [1.54, 1.807) is 11.3 Å². The van der Waals surface area contributed by atoms with E-state index in [-0.39, 0.29) is 0 Å². The van der Waals surface area contributed by atoms with Crippen LogP contribution in [0.5, 0.6) is 0 Å². The van der Waals surface area contributed by atoms with E-state index in [4.69, 9.17) is 5.73 Å². The summed E-state index contributed by atoms with van der Waals surface area (Å²) >= 11 is 3.55. The minimum atomic E-state index is 0.480. The molecule has 0 aromatic carbocycles. The Morgan fingerprint density at radius 3 is 3.00 bits per heavy atom. The lowest BCUT2D eigenvalue weighted by Gasteiger charge is -2.26. The number of aromatic nitrogens is 1. The van der Waals surface area contributed by atoms with Gasteiger partial charge in [-0.1, -0.05) is 0 Å². The molecule has 0 aliphatic rings. The van der Waals surface area contributed by atoms with Gasteiger partial charge in [-0.05, 0) is 31.9 Å². The zero-order valence-corrected chi connectivity index (χ0v) is 11.7. The molecule has 0 fully saturated rings. The molecule has 92 valence electrons. The highest BCUT2D eigenvalue weighted by Gasteiger charge is 2.13. The Balaban J connectivity index is 2.33. The van der Waals surface area contributed by atoms with Gasteiger partial charge in [-0.2, -0.15) is 11.8 Å². The van der Waals surface area contributed by atoms with Gasteiger partial charge in [0.25, 0.3) is 0 Å². The van der Waals surface area contributed by atoms with Crippen LogP contribution in [-0.4, -0.2) is 41.5 Å². The molecule has 3 nitrogen and oxygen atoms in total. The second kappa shape index (κ2) is 8.06. The number of hydrogen-bond acceptors (Lipinski definition) is 5. The minimum absolute atomic E-state index is 0.480. The van der Waals surface area contributed by atoms with Gasteiger partial charge in [-0.15, -0.1) is 11.3 Å². The Bertz CT molecular complexity index is 264. The quantitative estimate of drug-likeness (QED) is 0.726. The molecule has 1 atom stereocenters. The number of thiazole rings is 1. The van der Waals surface area contributed by atoms with Crippen molar-refractivity contribution in [2.75, 3.05) is 25.6 Å². The normalized spacial score (nSPS) is 13.2. The van der Waals surface area contributed by atoms with Gasteiger partial charge < -0.3 is 5.73 Å². The fraction of sp³-hybridized carbons (Fsp3) is 0.727. The van der Waals surface area contributed by atoms with Gasteiger partial charge in [-0.3, -0.25) is 4.90 Å². The molecular weight excluding hydrogens is 238 g/mol. The smallest absolute Gasteiger partial charge is 0.0795 e. The molecule has 0 saturated carbocycles. The molecule has 0 radical (unpaired) electrons. The van der Waals surface area contributed by atoms with Crippen molar-refractivity contribution in [2.45, 2.75) is 25.4 Å². The van der Waals surface area contributed by atoms with Crippen LogP contribution >= 0.6 is 23.1 Å². The molecule has 0 amide bonds. The van der Waals surface area contributed by atoms with Crippen molar-refractivity contribution in [3.63, 3.8) is 0 Å². The van der Waals surface area contributed by atoms with Crippen LogP contribution in [0, 0.1) is 0 Å². The highest BCUT2D eigenvalue weighted by molar-refractivity contribution is 7.98. The summed E-state index contributed by atoms with van der Waals surface area (Å²) < 4.78 is 0. The second-order valence-electron chi connectivity index (χ2n) is 3.92. The third-order valence-corrected chi connectivity index (χ3v) is 4.01. The third kappa shape index (κ3) is 4.82. The van der Waals surface area contributed by atoms with Crippen LogP contribution in [0.3, 0.4) is 0 Å². The van der Waals surface area contributed by atoms with E-state index in [1.807, 2.05) is 17.3 Å². The lowest BCUT2D eigenvalue weighted by Crippen LogP contribution is -2.37. The molecule has 16 heavy (non-hydrogen) atoms. The first kappa shape index (κ1) is 14.0. The van der Waals surface area contributed by atoms with Gasteiger partial charge in [0.05, 0.1) is 11.2 Å². The van der Waals surface area contributed by atoms with Crippen molar-refractivity contribution in [1.29, 1.82) is 0 Å². The third-order valence-electron chi connectivity index (χ3n) is 2.68. The number of hydrogen-bond donors (Lipinski definition) is 1. The van der Waals surface area contributed by atoms with E-state index in [2.05, 4.69) is 28.6 Å². The van der Waals surface area contributed by atoms with Crippen LogP contribution in [0.15, 0.2) is 10.9 Å². The van der Waals surface area contributed by atoms with Crippen molar-refractivity contribution in [1.82, 2.24) is 9.88 Å². The van der Waals surface area contributed by atoms with Gasteiger partial charge in [0, 0.05) is 24.5 Å². The monoisotopic (exact) mass is 259 g/mol. The molecule has 1 unspecified atom stereocenters. The van der Waals surface area contributed by atoms with Crippen LogP contribution in [0.2, 0.25) is 0 Å². The Hall–Kier alpha value is -0.100. The van der Waals surface area contributed by atoms with E-state index in [0.29, 0.717) is 6.04 Å². The highest BCUT2D eigenvalue weighted by Crippen LogP contribution is 2.11. The van der Waals surface area contributed by atoms with Crippen LogP contribution < -0.4 is 5.73 Å². The van der Waals surface area contributed by atoms with Gasteiger partial charge >= 0.3 is 0 Å². The Kier molecular flexibility index (Phi) is 7.03. The van der Waals surface area contributed by atoms with Crippen LogP contribution in [-0.2, 0) is 6.54 Å². The standard InChI is InChI=1S/C11H21N3S2/c1-14(7-10-8-16-9-13-10)11(6-12)4-3-5-15-2/h8-9,11H,3-7,12H2,1-2H3. The first-order valence-corrected chi connectivity index (χ1v) is 7.88. The fourth-order valence-corrected chi connectivity index (χ4v) is 2.69. The molecule has 0 saturated heterocycles. The number of thioether (sulfide) groups is 1. The Morgan fingerprint density at radius 2 is 2.44 bits per heavy atom. The van der Waals surface area contributed by atoms with Gasteiger partial charge in [-0.25, -0.2) is 4.98 Å². The van der Waals surface area contributed by atoms with Crippen molar-refractivity contribution >= 4 is 23.1 Å². The maximum atomic E-state index is 5.82. The summed E-state index contributed by atoms with van der Waals surface area (Å²) in [4.78, 5) is 6.62. The summed E-state index contributed by atoms with van der Waals surface area (Å²) in [5.74, 6) is 1.22. The average molecular weight is 259 g/mol. The predicted molar refractivity (Wildman–Crippen MR) is 74.0 cm³/mol. The topological polar surface area (TPSA) is 42.1 Å². The number of nitrogens with zero attached hydrogens (tertiary/aromatic N) is 2. The van der Waals surface area contributed by atoms with E-state index >= 15 is 0 Å². The number of likely N-dealkylation sites (N-methyl/N-ethyl adjacent to an activating group) is 1. The summed E-state index contributed by atoms with van der Waals surface area (Å²) in [6.45, 7) is 1.64. The summed E-state index contributed by atoms with van der Waals surface area (Å²) in [7, 11) is 2.13. The molecule has 1 aromatic heterocycles. The van der Waals surface area contributed by atoms with Crippen molar-refractivity contribution in [3.05, 3.63) is 16.6 Å². The largest absolute Gasteiger partial charge is 0.329 e. The first-order chi connectivity index (χ1) is 7.77. The molecule has 5 heteroatoms. The van der Waals surface area contributed by atoms with E-state index < -0.39 is 0 Å². The number of nitrogens with two attached hydrogens (primary N) is 1. The maximum absolute atomic E-state index is 5.82. The molecule has 1 rings (SSSR count). The molecule has 1 aromatic rings. The molecule has 0 spiro atoms. The molecule has 0 bridgehead atoms. The molecule has 0 aliphatic carbocycles. The summed E-state index contributed by atoms with van der Waals surface area (Å²) in [5, 5.41) is 2.10. The van der Waals surface area contributed by atoms with Crippen LogP contribution in [0.25, 0.3) is 0 Å². The van der Waals surface area contributed by atoms with Crippen molar-refractivity contribution in [3.8, 4) is 0 Å². The summed E-state index contributed by atoms with van der Waals surface area (Å²) in [6.07, 6.45) is 4.57. The van der Waals surface area contributed by atoms with E-state index in [1.165, 1.54) is 18.6 Å². The maximum Gasteiger partial charge on any atom is 0.0795 e. The molecule has 2 N–H and O–H groups in total. The molecule has 0 aliphatic heterocycles. The Labute approximate surface area is 106 Å². The number of rotatable bonds is 8. The summed E-state index contributed by atoms with van der Waals surface area (Å²) in [5.41, 5.74) is 8.85. The average Bonchev–Trinajstić information content (AvgIpc) is 2.77. The van der Waals surface area contributed by atoms with Gasteiger partial charge in [0.2, 0.25) is 0 Å². The Morgan fingerprint density at radius 1 is 1.62 bits per heavy atom. The zero-order chi connectivity index (χ0) is 11.8. The highest BCUT2D eigenvalue weighted by atomic mass is 32.2. The SMILES string of the molecule is CSCCCC(CN)N(C)Cc1cscn1. The lowest BCUT2D eigenvalue weighted by atomic mass is 10.1. The second-order valence-corrected chi connectivity index (χ2v) is 5.62. The van der Waals surface area contributed by atoms with E-state index in [9.17, 15) is 0 Å².